The molecule has 7 nitrogen and oxygen atoms in total. The highest BCUT2D eigenvalue weighted by atomic mass is 35.5. The van der Waals surface area contributed by atoms with Crippen LogP contribution in [0.1, 0.15) is 33.2 Å². The number of hydrogen-bond acceptors (Lipinski definition) is 8. The van der Waals surface area contributed by atoms with Crippen LogP contribution in [0.25, 0.3) is 11.1 Å². The Morgan fingerprint density at radius 3 is 2.36 bits per heavy atom. The molecule has 1 N–H and O–H groups in total. The maximum absolute atomic E-state index is 12.9. The van der Waals surface area contributed by atoms with Crippen molar-refractivity contribution in [3.63, 3.8) is 0 Å². The molecule has 4 rings (SSSR count). The molecule has 3 aromatic carbocycles. The third-order valence-electron chi connectivity index (χ3n) is 5.36. The molecule has 1 heterocycles. The minimum atomic E-state index is -0.698. The van der Waals surface area contributed by atoms with Crippen molar-refractivity contribution in [2.45, 2.75) is 16.7 Å². The summed E-state index contributed by atoms with van der Waals surface area (Å²) in [4.78, 5) is 39.7. The molecule has 39 heavy (non-hydrogen) atoms. The Labute approximate surface area is 238 Å². The lowest BCUT2D eigenvalue weighted by atomic mass is 10.0. The van der Waals surface area contributed by atoms with Crippen molar-refractivity contribution in [2.24, 2.45) is 0 Å². The zero-order valence-corrected chi connectivity index (χ0v) is 23.0. The molecule has 0 fully saturated rings. The SMILES string of the molecule is CCOC(=O)c1c(-c2ccccc2Cl)csc1NC(=O)COC(=O)c1ccccc1Sc1ccccc1C#N. The fourth-order valence-electron chi connectivity index (χ4n) is 3.60. The molecule has 0 atom stereocenters. The standard InChI is InChI=1S/C29H21ClN2O5S2/c1-2-36-29(35)26-21(19-10-4-6-12-22(19)30)17-38-27(26)32-25(33)16-37-28(34)20-11-5-8-14-24(20)39-23-13-7-3-9-18(23)15-31/h3-14,17H,2,16H2,1H3,(H,32,33). The summed E-state index contributed by atoms with van der Waals surface area (Å²) in [5, 5.41) is 14.4. The van der Waals surface area contributed by atoms with Crippen LogP contribution in [0, 0.1) is 11.3 Å². The molecule has 0 spiro atoms. The molecule has 0 radical (unpaired) electrons. The summed E-state index contributed by atoms with van der Waals surface area (Å²) < 4.78 is 10.5. The Hall–Kier alpha value is -4.10. The summed E-state index contributed by atoms with van der Waals surface area (Å²) in [6, 6.07) is 23.0. The van der Waals surface area contributed by atoms with E-state index in [9.17, 15) is 19.6 Å². The minimum Gasteiger partial charge on any atom is -0.462 e. The first-order chi connectivity index (χ1) is 18.9. The largest absolute Gasteiger partial charge is 0.462 e. The summed E-state index contributed by atoms with van der Waals surface area (Å²) >= 11 is 8.74. The molecule has 0 aliphatic heterocycles. The van der Waals surface area contributed by atoms with Crippen molar-refractivity contribution in [3.05, 3.63) is 99.9 Å². The maximum atomic E-state index is 12.9. The second-order valence-electron chi connectivity index (χ2n) is 7.88. The Morgan fingerprint density at radius 1 is 0.923 bits per heavy atom. The van der Waals surface area contributed by atoms with Crippen molar-refractivity contribution in [2.75, 3.05) is 18.5 Å². The average molecular weight is 577 g/mol. The molecule has 10 heteroatoms. The number of carbonyl (C=O) groups excluding carboxylic acids is 3. The van der Waals surface area contributed by atoms with Gasteiger partial charge in [-0.1, -0.05) is 65.8 Å². The van der Waals surface area contributed by atoms with Crippen LogP contribution in [0.2, 0.25) is 5.02 Å². The van der Waals surface area contributed by atoms with Crippen molar-refractivity contribution >= 4 is 57.5 Å². The number of hydrogen-bond donors (Lipinski definition) is 1. The Balaban J connectivity index is 1.49. The number of anilines is 1. The van der Waals surface area contributed by atoms with E-state index >= 15 is 0 Å². The zero-order valence-electron chi connectivity index (χ0n) is 20.6. The lowest BCUT2D eigenvalue weighted by Crippen LogP contribution is -2.22. The summed E-state index contributed by atoms with van der Waals surface area (Å²) in [6.07, 6.45) is 0. The molecule has 4 aromatic rings. The van der Waals surface area contributed by atoms with Gasteiger partial charge in [-0.2, -0.15) is 5.26 Å². The molecule has 0 bridgehead atoms. The fraction of sp³-hybridized carbons (Fsp3) is 0.103. The third kappa shape index (κ3) is 6.67. The van der Waals surface area contributed by atoms with E-state index < -0.39 is 24.5 Å². The van der Waals surface area contributed by atoms with E-state index in [4.69, 9.17) is 21.1 Å². The second kappa shape index (κ2) is 13.1. The number of carbonyl (C=O) groups is 3. The summed E-state index contributed by atoms with van der Waals surface area (Å²) in [5.41, 5.74) is 2.06. The second-order valence-corrected chi connectivity index (χ2v) is 10.3. The molecular formula is C29H21ClN2O5S2. The fourth-order valence-corrected chi connectivity index (χ4v) is 5.81. The van der Waals surface area contributed by atoms with Gasteiger partial charge in [0.15, 0.2) is 6.61 Å². The number of rotatable bonds is 9. The number of thiophene rings is 1. The van der Waals surface area contributed by atoms with Gasteiger partial charge in [0.2, 0.25) is 0 Å². The molecule has 0 saturated carbocycles. The molecular weight excluding hydrogens is 556 g/mol. The van der Waals surface area contributed by atoms with E-state index in [1.54, 1.807) is 85.1 Å². The Morgan fingerprint density at radius 2 is 1.62 bits per heavy atom. The highest BCUT2D eigenvalue weighted by Gasteiger charge is 2.24. The predicted octanol–water partition coefficient (Wildman–Crippen LogP) is 7.06. The van der Waals surface area contributed by atoms with E-state index in [0.29, 0.717) is 31.5 Å². The molecule has 1 aromatic heterocycles. The Kier molecular flexibility index (Phi) is 9.39. The van der Waals surface area contributed by atoms with Crippen molar-refractivity contribution in [1.29, 1.82) is 5.26 Å². The van der Waals surface area contributed by atoms with E-state index in [1.165, 1.54) is 11.8 Å². The summed E-state index contributed by atoms with van der Waals surface area (Å²) in [5.74, 6) is -1.93. The predicted molar refractivity (Wildman–Crippen MR) is 151 cm³/mol. The molecule has 0 saturated heterocycles. The normalized spacial score (nSPS) is 10.4. The monoisotopic (exact) mass is 576 g/mol. The van der Waals surface area contributed by atoms with E-state index in [-0.39, 0.29) is 22.7 Å². The van der Waals surface area contributed by atoms with E-state index in [0.717, 1.165) is 11.3 Å². The van der Waals surface area contributed by atoms with Gasteiger partial charge in [-0.15, -0.1) is 11.3 Å². The first kappa shape index (κ1) is 27.9. The lowest BCUT2D eigenvalue weighted by molar-refractivity contribution is -0.119. The smallest absolute Gasteiger partial charge is 0.341 e. The first-order valence-corrected chi connectivity index (χ1v) is 13.8. The number of benzene rings is 3. The number of nitriles is 1. The van der Waals surface area contributed by atoms with Gasteiger partial charge in [0, 0.05) is 31.3 Å². The molecule has 0 unspecified atom stereocenters. The van der Waals surface area contributed by atoms with Gasteiger partial charge in [-0.3, -0.25) is 4.79 Å². The van der Waals surface area contributed by atoms with Crippen LogP contribution in [0.15, 0.2) is 88.0 Å². The van der Waals surface area contributed by atoms with Crippen LogP contribution in [-0.4, -0.2) is 31.1 Å². The van der Waals surface area contributed by atoms with Gasteiger partial charge < -0.3 is 14.8 Å². The third-order valence-corrected chi connectivity index (χ3v) is 7.73. The van der Waals surface area contributed by atoms with Gasteiger partial charge in [0.1, 0.15) is 16.6 Å². The van der Waals surface area contributed by atoms with Crippen LogP contribution in [-0.2, 0) is 14.3 Å². The van der Waals surface area contributed by atoms with Gasteiger partial charge >= 0.3 is 11.9 Å². The highest BCUT2D eigenvalue weighted by Crippen LogP contribution is 2.39. The average Bonchev–Trinajstić information content (AvgIpc) is 3.36. The van der Waals surface area contributed by atoms with Crippen molar-refractivity contribution < 1.29 is 23.9 Å². The van der Waals surface area contributed by atoms with Crippen LogP contribution in [0.4, 0.5) is 5.00 Å². The zero-order chi connectivity index (χ0) is 27.8. The van der Waals surface area contributed by atoms with Gasteiger partial charge in [0.25, 0.3) is 5.91 Å². The maximum Gasteiger partial charge on any atom is 0.341 e. The topological polar surface area (TPSA) is 105 Å². The van der Waals surface area contributed by atoms with Crippen LogP contribution in [0.5, 0.6) is 0 Å². The van der Waals surface area contributed by atoms with E-state index in [2.05, 4.69) is 11.4 Å². The number of esters is 2. The number of ether oxygens (including phenoxy) is 2. The Bertz CT molecular complexity index is 1580. The number of amides is 1. The van der Waals surface area contributed by atoms with Crippen molar-refractivity contribution in [3.8, 4) is 17.2 Å². The van der Waals surface area contributed by atoms with E-state index in [1.807, 2.05) is 0 Å². The van der Waals surface area contributed by atoms with Gasteiger partial charge in [0.05, 0.1) is 17.7 Å². The minimum absolute atomic E-state index is 0.151. The van der Waals surface area contributed by atoms with Crippen LogP contribution >= 0.6 is 34.7 Å². The lowest BCUT2D eigenvalue weighted by Gasteiger charge is -2.11. The summed E-state index contributed by atoms with van der Waals surface area (Å²) in [7, 11) is 0. The van der Waals surface area contributed by atoms with Crippen LogP contribution < -0.4 is 5.32 Å². The quantitative estimate of drug-likeness (QED) is 0.212. The molecule has 0 aliphatic rings. The molecule has 1 amide bonds. The first-order valence-electron chi connectivity index (χ1n) is 11.7. The van der Waals surface area contributed by atoms with Gasteiger partial charge in [-0.25, -0.2) is 9.59 Å². The number of nitrogens with one attached hydrogen (secondary N) is 1. The highest BCUT2D eigenvalue weighted by molar-refractivity contribution is 7.99. The molecule has 196 valence electrons. The van der Waals surface area contributed by atoms with Crippen LogP contribution in [0.3, 0.4) is 0 Å². The van der Waals surface area contributed by atoms with Crippen molar-refractivity contribution in [1.82, 2.24) is 0 Å². The number of nitrogens with zero attached hydrogens (tertiary/aromatic N) is 1. The number of halogens is 1. The summed E-state index contributed by atoms with van der Waals surface area (Å²) in [6.45, 7) is 1.26. The van der Waals surface area contributed by atoms with Gasteiger partial charge in [-0.05, 0) is 37.3 Å². The molecule has 0 aliphatic carbocycles.